The summed E-state index contributed by atoms with van der Waals surface area (Å²) in [4.78, 5) is 15.7. The quantitative estimate of drug-likeness (QED) is 0.301. The van der Waals surface area contributed by atoms with E-state index in [1.165, 1.54) is 10.8 Å². The second kappa shape index (κ2) is 9.19. The van der Waals surface area contributed by atoms with E-state index in [1.807, 2.05) is 36.4 Å². The second-order valence-corrected chi connectivity index (χ2v) is 8.18. The molecular weight excluding hydrogens is 426 g/mol. The van der Waals surface area contributed by atoms with Gasteiger partial charge in [-0.1, -0.05) is 71.9 Å². The number of aromatic carboxylic acids is 1. The average Bonchev–Trinajstić information content (AvgIpc) is 3.38. The van der Waals surface area contributed by atoms with Crippen molar-refractivity contribution in [2.75, 3.05) is 5.32 Å². The van der Waals surface area contributed by atoms with Crippen molar-refractivity contribution in [3.8, 4) is 11.4 Å². The molecule has 0 aliphatic carbocycles. The van der Waals surface area contributed by atoms with Gasteiger partial charge in [0.05, 0.1) is 11.5 Å². The lowest BCUT2D eigenvalue weighted by Gasteiger charge is -2.10. The number of carboxylic acid groups (broad SMARTS) is 1. The summed E-state index contributed by atoms with van der Waals surface area (Å²) in [6.45, 7) is 2.64. The zero-order valence-corrected chi connectivity index (χ0v) is 18.6. The molecule has 5 aromatic rings. The average molecular weight is 450 g/mol. The third-order valence-corrected chi connectivity index (χ3v) is 5.92. The Kier molecular flexibility index (Phi) is 5.79. The molecule has 6 heteroatoms. The Bertz CT molecular complexity index is 1450. The Labute approximate surface area is 196 Å². The van der Waals surface area contributed by atoms with Crippen LogP contribution in [0.2, 0.25) is 0 Å². The molecule has 0 saturated heterocycles. The topological polar surface area (TPSA) is 88.2 Å². The maximum Gasteiger partial charge on any atom is 0.335 e. The van der Waals surface area contributed by atoms with Gasteiger partial charge in [0.2, 0.25) is 11.7 Å². The van der Waals surface area contributed by atoms with E-state index in [2.05, 4.69) is 52.7 Å². The molecule has 168 valence electrons. The molecule has 6 nitrogen and oxygen atoms in total. The van der Waals surface area contributed by atoms with Crippen molar-refractivity contribution in [2.45, 2.75) is 19.4 Å². The molecule has 0 radical (unpaired) electrons. The summed E-state index contributed by atoms with van der Waals surface area (Å²) < 4.78 is 5.65. The number of benzene rings is 4. The van der Waals surface area contributed by atoms with Crippen molar-refractivity contribution in [1.29, 1.82) is 0 Å². The molecule has 0 bridgehead atoms. The van der Waals surface area contributed by atoms with Crippen molar-refractivity contribution >= 4 is 22.4 Å². The van der Waals surface area contributed by atoms with Gasteiger partial charge in [0.15, 0.2) is 0 Å². The zero-order valence-electron chi connectivity index (χ0n) is 18.6. The normalized spacial score (nSPS) is 11.9. The van der Waals surface area contributed by atoms with E-state index >= 15 is 0 Å². The van der Waals surface area contributed by atoms with Crippen LogP contribution in [0.25, 0.3) is 22.2 Å². The lowest BCUT2D eigenvalue weighted by atomic mass is 9.95. The molecule has 1 unspecified atom stereocenters. The highest BCUT2D eigenvalue weighted by Crippen LogP contribution is 2.31. The van der Waals surface area contributed by atoms with Gasteiger partial charge in [-0.25, -0.2) is 4.79 Å². The highest BCUT2D eigenvalue weighted by molar-refractivity contribution is 5.87. The zero-order chi connectivity index (χ0) is 23.5. The van der Waals surface area contributed by atoms with Gasteiger partial charge in [0, 0.05) is 17.8 Å². The molecule has 0 aliphatic rings. The van der Waals surface area contributed by atoms with Crippen LogP contribution >= 0.6 is 0 Å². The third kappa shape index (κ3) is 4.38. The number of hydrogen-bond donors (Lipinski definition) is 2. The fourth-order valence-electron chi connectivity index (χ4n) is 4.03. The largest absolute Gasteiger partial charge is 0.478 e. The fraction of sp³-hybridized carbons (Fsp3) is 0.107. The molecular formula is C28H23N3O3. The smallest absolute Gasteiger partial charge is 0.335 e. The first-order valence-corrected chi connectivity index (χ1v) is 11.1. The fourth-order valence-corrected chi connectivity index (χ4v) is 4.03. The van der Waals surface area contributed by atoms with Gasteiger partial charge < -0.3 is 14.9 Å². The first-order valence-electron chi connectivity index (χ1n) is 11.1. The van der Waals surface area contributed by atoms with E-state index in [1.54, 1.807) is 24.3 Å². The maximum absolute atomic E-state index is 11.0. The number of anilines is 1. The Morgan fingerprint density at radius 3 is 2.56 bits per heavy atom. The van der Waals surface area contributed by atoms with Crippen LogP contribution in [0.5, 0.6) is 0 Å². The SMILES string of the molecule is CC(c1nc(-c2cccc(NCc3ccc(C(=O)O)cc3)c2)no1)c1cccc2ccccc12. The summed E-state index contributed by atoms with van der Waals surface area (Å²) >= 11 is 0. The standard InChI is InChI=1S/C28H23N3O3/c1-18(24-11-5-7-20-6-2-3-10-25(20)24)27-30-26(31-34-27)22-8-4-9-23(16-22)29-17-19-12-14-21(15-13-19)28(32)33/h2-16,18,29H,17H2,1H3,(H,32,33). The molecule has 0 amide bonds. The number of nitrogens with zero attached hydrogens (tertiary/aromatic N) is 2. The summed E-state index contributed by atoms with van der Waals surface area (Å²) in [7, 11) is 0. The van der Waals surface area contributed by atoms with Crippen molar-refractivity contribution in [3.05, 3.63) is 114 Å². The minimum atomic E-state index is -0.929. The van der Waals surface area contributed by atoms with E-state index in [4.69, 9.17) is 9.63 Å². The van der Waals surface area contributed by atoms with Crippen LogP contribution in [-0.4, -0.2) is 21.2 Å². The van der Waals surface area contributed by atoms with Crippen LogP contribution in [0.15, 0.2) is 95.5 Å². The van der Waals surface area contributed by atoms with Crippen molar-refractivity contribution in [1.82, 2.24) is 10.1 Å². The first kappa shape index (κ1) is 21.4. The molecule has 0 spiro atoms. The van der Waals surface area contributed by atoms with E-state index in [0.29, 0.717) is 18.3 Å². The van der Waals surface area contributed by atoms with E-state index in [9.17, 15) is 4.79 Å². The summed E-state index contributed by atoms with van der Waals surface area (Å²) in [5.74, 6) is 0.142. The first-order chi connectivity index (χ1) is 16.6. The van der Waals surface area contributed by atoms with Gasteiger partial charge in [0.25, 0.3) is 0 Å². The summed E-state index contributed by atoms with van der Waals surface area (Å²) in [6.07, 6.45) is 0. The number of nitrogens with one attached hydrogen (secondary N) is 1. The molecule has 1 heterocycles. The van der Waals surface area contributed by atoms with Crippen molar-refractivity contribution in [3.63, 3.8) is 0 Å². The summed E-state index contributed by atoms with van der Waals surface area (Å²) in [5, 5.41) is 19.0. The van der Waals surface area contributed by atoms with Gasteiger partial charge in [-0.05, 0) is 53.1 Å². The predicted molar refractivity (Wildman–Crippen MR) is 132 cm³/mol. The van der Waals surface area contributed by atoms with Crippen LogP contribution in [-0.2, 0) is 6.54 Å². The lowest BCUT2D eigenvalue weighted by Crippen LogP contribution is -2.01. The van der Waals surface area contributed by atoms with Crippen molar-refractivity contribution < 1.29 is 14.4 Å². The highest BCUT2D eigenvalue weighted by atomic mass is 16.5. The monoisotopic (exact) mass is 449 g/mol. The number of aromatic nitrogens is 2. The van der Waals surface area contributed by atoms with E-state index in [0.717, 1.165) is 22.4 Å². The Morgan fingerprint density at radius 1 is 0.971 bits per heavy atom. The number of carbonyl (C=O) groups is 1. The molecule has 2 N–H and O–H groups in total. The Hall–Kier alpha value is -4.45. The molecule has 0 fully saturated rings. The maximum atomic E-state index is 11.0. The third-order valence-electron chi connectivity index (χ3n) is 5.92. The van der Waals surface area contributed by atoms with Gasteiger partial charge in [-0.2, -0.15) is 4.98 Å². The van der Waals surface area contributed by atoms with Crippen molar-refractivity contribution in [2.24, 2.45) is 0 Å². The number of fused-ring (bicyclic) bond motifs is 1. The second-order valence-electron chi connectivity index (χ2n) is 8.18. The van der Waals surface area contributed by atoms with E-state index < -0.39 is 5.97 Å². The number of carboxylic acids is 1. The summed E-state index contributed by atoms with van der Waals surface area (Å²) in [6, 6.07) is 29.2. The predicted octanol–water partition coefficient (Wildman–Crippen LogP) is 6.35. The van der Waals surface area contributed by atoms with Gasteiger partial charge >= 0.3 is 5.97 Å². The van der Waals surface area contributed by atoms with Crippen LogP contribution in [0.1, 0.15) is 40.2 Å². The Morgan fingerprint density at radius 2 is 1.74 bits per heavy atom. The lowest BCUT2D eigenvalue weighted by molar-refractivity contribution is 0.0697. The molecule has 4 aromatic carbocycles. The number of hydrogen-bond acceptors (Lipinski definition) is 5. The Balaban J connectivity index is 1.33. The van der Waals surface area contributed by atoms with Gasteiger partial charge in [0.1, 0.15) is 0 Å². The molecule has 1 aromatic heterocycles. The van der Waals surface area contributed by atoms with Gasteiger partial charge in [-0.3, -0.25) is 0 Å². The van der Waals surface area contributed by atoms with Crippen LogP contribution in [0.3, 0.4) is 0 Å². The minimum absolute atomic E-state index is 0.0394. The minimum Gasteiger partial charge on any atom is -0.478 e. The number of rotatable bonds is 7. The van der Waals surface area contributed by atoms with Gasteiger partial charge in [-0.15, -0.1) is 0 Å². The molecule has 34 heavy (non-hydrogen) atoms. The van der Waals surface area contributed by atoms with Crippen LogP contribution in [0, 0.1) is 0 Å². The highest BCUT2D eigenvalue weighted by Gasteiger charge is 2.19. The molecule has 5 rings (SSSR count). The van der Waals surface area contributed by atoms with Crippen LogP contribution in [0.4, 0.5) is 5.69 Å². The summed E-state index contributed by atoms with van der Waals surface area (Å²) in [5.41, 5.74) is 4.18. The molecule has 0 aliphatic heterocycles. The van der Waals surface area contributed by atoms with E-state index in [-0.39, 0.29) is 11.5 Å². The molecule has 1 atom stereocenters. The molecule has 0 saturated carbocycles. The van der Waals surface area contributed by atoms with Crippen LogP contribution < -0.4 is 5.32 Å².